The van der Waals surface area contributed by atoms with Gasteiger partial charge in [-0.3, -0.25) is 9.36 Å². The smallest absolute Gasteiger partial charge is 0.266 e. The molecule has 34 heavy (non-hydrogen) atoms. The maximum absolute atomic E-state index is 13.9. The summed E-state index contributed by atoms with van der Waals surface area (Å²) in [5, 5.41) is 1.01. The van der Waals surface area contributed by atoms with E-state index in [1.807, 2.05) is 0 Å². The molecular weight excluding hydrogens is 498 g/mol. The number of sulfonamides is 1. The third-order valence-corrected chi connectivity index (χ3v) is 8.12. The summed E-state index contributed by atoms with van der Waals surface area (Å²) in [4.78, 5) is 13.0. The zero-order valence-corrected chi connectivity index (χ0v) is 19.8. The first-order valence-corrected chi connectivity index (χ1v) is 12.5. The van der Waals surface area contributed by atoms with Crippen LogP contribution in [0.3, 0.4) is 0 Å². The van der Waals surface area contributed by atoms with Crippen LogP contribution in [0, 0.1) is 5.82 Å². The van der Waals surface area contributed by atoms with Crippen molar-refractivity contribution in [3.63, 3.8) is 0 Å². The van der Waals surface area contributed by atoms with Crippen LogP contribution >= 0.6 is 23.2 Å². The second-order valence-electron chi connectivity index (χ2n) is 7.84. The summed E-state index contributed by atoms with van der Waals surface area (Å²) < 4.78 is 44.1. The second kappa shape index (κ2) is 8.58. The molecule has 5 rings (SSSR count). The van der Waals surface area contributed by atoms with E-state index in [0.717, 1.165) is 12.1 Å². The van der Waals surface area contributed by atoms with Gasteiger partial charge in [-0.15, -0.1) is 0 Å². The molecule has 5 nitrogen and oxygen atoms in total. The average Bonchev–Trinajstić information content (AvgIpc) is 3.18. The molecule has 1 aliphatic heterocycles. The Bertz CT molecular complexity index is 1520. The van der Waals surface area contributed by atoms with E-state index < -0.39 is 27.9 Å². The molecule has 0 N–H and O–H groups in total. The molecule has 0 aliphatic carbocycles. The van der Waals surface area contributed by atoms with E-state index in [1.54, 1.807) is 54.6 Å². The Balaban J connectivity index is 1.81. The first kappa shape index (κ1) is 22.7. The lowest BCUT2D eigenvalue weighted by Crippen LogP contribution is -2.33. The molecule has 9 heteroatoms. The summed E-state index contributed by atoms with van der Waals surface area (Å²) in [5.74, 6) is -0.345. The SMILES string of the molecule is O=c1cccc2n1[C@H](c1ccc(Cl)cc1)[C@H](c1ccc(Cl)cc1)N2S(=O)(=O)c1ccc(F)cc1. The van der Waals surface area contributed by atoms with Crippen molar-refractivity contribution in [2.24, 2.45) is 0 Å². The predicted octanol–water partition coefficient (Wildman–Crippen LogP) is 5.83. The molecule has 172 valence electrons. The fourth-order valence-electron chi connectivity index (χ4n) is 4.32. The molecular formula is C25H17Cl2FN2O3S. The van der Waals surface area contributed by atoms with Gasteiger partial charge in [0.2, 0.25) is 0 Å². The van der Waals surface area contributed by atoms with Gasteiger partial charge >= 0.3 is 0 Å². The van der Waals surface area contributed by atoms with Crippen molar-refractivity contribution in [3.05, 3.63) is 128 Å². The Labute approximate surface area is 205 Å². The maximum atomic E-state index is 13.9. The van der Waals surface area contributed by atoms with Gasteiger partial charge in [-0.2, -0.15) is 0 Å². The van der Waals surface area contributed by atoms with Crippen LogP contribution in [-0.2, 0) is 10.0 Å². The van der Waals surface area contributed by atoms with Crippen molar-refractivity contribution >= 4 is 39.0 Å². The highest BCUT2D eigenvalue weighted by Gasteiger charge is 2.46. The predicted molar refractivity (Wildman–Crippen MR) is 131 cm³/mol. The second-order valence-corrected chi connectivity index (χ2v) is 10.5. The van der Waals surface area contributed by atoms with Crippen molar-refractivity contribution in [3.8, 4) is 0 Å². The number of aromatic nitrogens is 1. The Hall–Kier alpha value is -3.13. The first-order chi connectivity index (χ1) is 16.3. The number of anilines is 1. The molecule has 0 amide bonds. The van der Waals surface area contributed by atoms with E-state index in [2.05, 4.69) is 0 Å². The number of hydrogen-bond donors (Lipinski definition) is 0. The zero-order chi connectivity index (χ0) is 24.0. The van der Waals surface area contributed by atoms with Crippen LogP contribution < -0.4 is 9.86 Å². The molecule has 0 radical (unpaired) electrons. The number of nitrogens with zero attached hydrogens (tertiary/aromatic N) is 2. The zero-order valence-electron chi connectivity index (χ0n) is 17.5. The van der Waals surface area contributed by atoms with E-state index in [9.17, 15) is 17.6 Å². The summed E-state index contributed by atoms with van der Waals surface area (Å²) in [6.45, 7) is 0. The fourth-order valence-corrected chi connectivity index (χ4v) is 6.21. The van der Waals surface area contributed by atoms with Crippen LogP contribution in [0.1, 0.15) is 23.2 Å². The largest absolute Gasteiger partial charge is 0.284 e. The fraction of sp³-hybridized carbons (Fsp3) is 0.0800. The van der Waals surface area contributed by atoms with Gasteiger partial charge in [0.15, 0.2) is 0 Å². The summed E-state index contributed by atoms with van der Waals surface area (Å²) >= 11 is 12.2. The lowest BCUT2D eigenvalue weighted by Gasteiger charge is -2.29. The average molecular weight is 515 g/mol. The van der Waals surface area contributed by atoms with Crippen molar-refractivity contribution in [1.82, 2.24) is 4.57 Å². The van der Waals surface area contributed by atoms with Crippen molar-refractivity contribution in [1.29, 1.82) is 0 Å². The van der Waals surface area contributed by atoms with Crippen LogP contribution in [0.15, 0.2) is 101 Å². The molecule has 2 atom stereocenters. The van der Waals surface area contributed by atoms with Crippen LogP contribution in [0.2, 0.25) is 10.0 Å². The molecule has 0 fully saturated rings. The van der Waals surface area contributed by atoms with E-state index in [-0.39, 0.29) is 16.3 Å². The van der Waals surface area contributed by atoms with Gasteiger partial charge in [0, 0.05) is 16.1 Å². The van der Waals surface area contributed by atoms with Crippen molar-refractivity contribution < 1.29 is 12.8 Å². The minimum absolute atomic E-state index is 0.0903. The Morgan fingerprint density at radius 3 is 1.79 bits per heavy atom. The molecule has 2 heterocycles. The van der Waals surface area contributed by atoms with Gasteiger partial charge in [-0.1, -0.05) is 53.5 Å². The van der Waals surface area contributed by atoms with Gasteiger partial charge in [0.25, 0.3) is 15.6 Å². The van der Waals surface area contributed by atoms with Crippen molar-refractivity contribution in [2.75, 3.05) is 4.31 Å². The Morgan fingerprint density at radius 2 is 1.24 bits per heavy atom. The standard InChI is InChI=1S/C25H17Cl2FN2O3S/c26-18-8-4-16(5-9-18)24-25(17-6-10-19(27)11-7-17)30(22-2-1-3-23(31)29(22)24)34(32,33)21-14-12-20(28)13-15-21/h1-15,24-25H/t24-,25+/m1/s1. The molecule has 1 aromatic heterocycles. The summed E-state index contributed by atoms with van der Waals surface area (Å²) in [5.41, 5.74) is 0.988. The molecule has 3 aromatic carbocycles. The lowest BCUT2D eigenvalue weighted by molar-refractivity contribution is 0.529. The van der Waals surface area contributed by atoms with E-state index >= 15 is 0 Å². The lowest BCUT2D eigenvalue weighted by atomic mass is 9.94. The minimum atomic E-state index is -4.19. The van der Waals surface area contributed by atoms with Crippen LogP contribution in [0.25, 0.3) is 0 Å². The Morgan fingerprint density at radius 1 is 0.706 bits per heavy atom. The number of rotatable bonds is 4. The quantitative estimate of drug-likeness (QED) is 0.344. The van der Waals surface area contributed by atoms with Gasteiger partial charge < -0.3 is 0 Å². The summed E-state index contributed by atoms with van der Waals surface area (Å²) in [6, 6.07) is 21.3. The highest BCUT2D eigenvalue weighted by atomic mass is 35.5. The molecule has 0 bridgehead atoms. The van der Waals surface area contributed by atoms with Crippen LogP contribution in [-0.4, -0.2) is 13.0 Å². The van der Waals surface area contributed by atoms with Gasteiger partial charge in [-0.05, 0) is 65.7 Å². The van der Waals surface area contributed by atoms with Gasteiger partial charge in [-0.25, -0.2) is 17.1 Å². The van der Waals surface area contributed by atoms with Crippen LogP contribution in [0.5, 0.6) is 0 Å². The maximum Gasteiger partial charge on any atom is 0.266 e. The number of halogens is 3. The third kappa shape index (κ3) is 3.79. The minimum Gasteiger partial charge on any atom is -0.284 e. The highest BCUT2D eigenvalue weighted by molar-refractivity contribution is 7.92. The molecule has 0 spiro atoms. The first-order valence-electron chi connectivity index (χ1n) is 10.3. The normalized spacial score (nSPS) is 17.6. The molecule has 0 unspecified atom stereocenters. The molecule has 1 aliphatic rings. The van der Waals surface area contributed by atoms with Gasteiger partial charge in [0.1, 0.15) is 11.6 Å². The molecule has 4 aromatic rings. The monoisotopic (exact) mass is 514 g/mol. The van der Waals surface area contributed by atoms with E-state index in [4.69, 9.17) is 23.2 Å². The van der Waals surface area contributed by atoms with E-state index in [1.165, 1.54) is 33.1 Å². The highest BCUT2D eigenvalue weighted by Crippen LogP contribution is 2.49. The summed E-state index contributed by atoms with van der Waals surface area (Å²) in [6.07, 6.45) is 0. The summed E-state index contributed by atoms with van der Waals surface area (Å²) in [7, 11) is -4.19. The van der Waals surface area contributed by atoms with Crippen molar-refractivity contribution in [2.45, 2.75) is 17.0 Å². The molecule has 0 saturated heterocycles. The van der Waals surface area contributed by atoms with Gasteiger partial charge in [0.05, 0.1) is 17.0 Å². The third-order valence-electron chi connectivity index (χ3n) is 5.82. The Kier molecular flexibility index (Phi) is 5.72. The topological polar surface area (TPSA) is 59.4 Å². The molecule has 0 saturated carbocycles. The number of pyridine rings is 1. The number of hydrogen-bond acceptors (Lipinski definition) is 3. The number of fused-ring (bicyclic) bond motifs is 1. The van der Waals surface area contributed by atoms with Crippen LogP contribution in [0.4, 0.5) is 10.2 Å². The number of benzene rings is 3. The van der Waals surface area contributed by atoms with E-state index in [0.29, 0.717) is 21.2 Å².